The molecule has 3 aromatic heterocycles. The molecule has 0 fully saturated rings. The van der Waals surface area contributed by atoms with Gasteiger partial charge in [-0.3, -0.25) is 0 Å². The van der Waals surface area contributed by atoms with E-state index in [-0.39, 0.29) is 12.6 Å². The van der Waals surface area contributed by atoms with Gasteiger partial charge in [0.1, 0.15) is 17.0 Å². The molecule has 3 aromatic rings. The van der Waals surface area contributed by atoms with Gasteiger partial charge < -0.3 is 24.6 Å². The van der Waals surface area contributed by atoms with Gasteiger partial charge in [0.25, 0.3) is 0 Å². The summed E-state index contributed by atoms with van der Waals surface area (Å²) >= 11 is 0. The number of carbonyl (C=O) groups excluding carboxylic acids is 1. The van der Waals surface area contributed by atoms with E-state index in [1.807, 2.05) is 35.0 Å². The Morgan fingerprint density at radius 2 is 2.21 bits per heavy atom. The van der Waals surface area contributed by atoms with Crippen LogP contribution in [0.25, 0.3) is 5.65 Å². The van der Waals surface area contributed by atoms with Gasteiger partial charge in [-0.1, -0.05) is 6.07 Å². The molecule has 0 saturated carbocycles. The van der Waals surface area contributed by atoms with Crippen molar-refractivity contribution in [1.29, 1.82) is 0 Å². The fourth-order valence-electron chi connectivity index (χ4n) is 2.40. The number of fused-ring (bicyclic) bond motifs is 1. The minimum atomic E-state index is -1.25. The first-order valence-corrected chi connectivity index (χ1v) is 7.75. The Morgan fingerprint density at radius 1 is 1.33 bits per heavy atom. The molecular formula is C17H20N4O3. The predicted octanol–water partition coefficient (Wildman–Crippen LogP) is 1.68. The van der Waals surface area contributed by atoms with E-state index in [9.17, 15) is 9.90 Å². The Kier molecular flexibility index (Phi) is 4.52. The second-order valence-electron chi connectivity index (χ2n) is 5.81. The Balaban J connectivity index is 1.44. The van der Waals surface area contributed by atoms with Gasteiger partial charge in [0.05, 0.1) is 18.5 Å². The first kappa shape index (κ1) is 16.1. The van der Waals surface area contributed by atoms with Gasteiger partial charge in [0.2, 0.25) is 0 Å². The molecule has 1 atom stereocenters. The Bertz CT molecular complexity index is 775. The molecule has 0 spiro atoms. The molecule has 3 rings (SSSR count). The van der Waals surface area contributed by atoms with Crippen molar-refractivity contribution in [3.8, 4) is 0 Å². The highest BCUT2D eigenvalue weighted by Crippen LogP contribution is 2.19. The third kappa shape index (κ3) is 3.75. The van der Waals surface area contributed by atoms with Crippen molar-refractivity contribution in [1.82, 2.24) is 20.0 Å². The monoisotopic (exact) mass is 328 g/mol. The van der Waals surface area contributed by atoms with E-state index < -0.39 is 5.60 Å². The molecule has 3 heterocycles. The molecule has 0 aromatic carbocycles. The summed E-state index contributed by atoms with van der Waals surface area (Å²) in [7, 11) is 0. The standard InChI is InChI=1S/C17H20N4O3/c1-17(23,14-5-4-10-24-14)12-19-16(22)18-8-7-13-11-21-9-3-2-6-15(21)20-13/h2-6,9-11,23H,7-8,12H2,1H3,(H2,18,19,22). The number of aromatic nitrogens is 2. The highest BCUT2D eigenvalue weighted by atomic mass is 16.4. The smallest absolute Gasteiger partial charge is 0.314 e. The summed E-state index contributed by atoms with van der Waals surface area (Å²) in [5.74, 6) is 0.410. The van der Waals surface area contributed by atoms with Crippen molar-refractivity contribution < 1.29 is 14.3 Å². The Labute approximate surface area is 139 Å². The molecule has 0 aliphatic heterocycles. The van der Waals surface area contributed by atoms with Crippen LogP contribution in [0, 0.1) is 0 Å². The molecular weight excluding hydrogens is 308 g/mol. The van der Waals surface area contributed by atoms with Crippen LogP contribution in [0.1, 0.15) is 18.4 Å². The van der Waals surface area contributed by atoms with E-state index in [1.54, 1.807) is 19.1 Å². The molecule has 0 radical (unpaired) electrons. The van der Waals surface area contributed by atoms with Crippen LogP contribution in [0.3, 0.4) is 0 Å². The summed E-state index contributed by atoms with van der Waals surface area (Å²) in [6.45, 7) is 2.10. The normalized spacial score (nSPS) is 13.6. The number of nitrogens with zero attached hydrogens (tertiary/aromatic N) is 2. The van der Waals surface area contributed by atoms with Crippen LogP contribution in [-0.2, 0) is 12.0 Å². The number of amides is 2. The number of pyridine rings is 1. The number of furan rings is 1. The molecule has 1 unspecified atom stereocenters. The van der Waals surface area contributed by atoms with E-state index in [0.29, 0.717) is 18.7 Å². The molecule has 24 heavy (non-hydrogen) atoms. The van der Waals surface area contributed by atoms with E-state index in [4.69, 9.17) is 4.42 Å². The largest absolute Gasteiger partial charge is 0.466 e. The van der Waals surface area contributed by atoms with Crippen LogP contribution < -0.4 is 10.6 Å². The van der Waals surface area contributed by atoms with Crippen molar-refractivity contribution in [3.63, 3.8) is 0 Å². The van der Waals surface area contributed by atoms with Crippen molar-refractivity contribution in [3.05, 3.63) is 60.4 Å². The number of imidazole rings is 1. The topological polar surface area (TPSA) is 91.8 Å². The van der Waals surface area contributed by atoms with Crippen LogP contribution in [0.15, 0.2) is 53.4 Å². The number of urea groups is 1. The summed E-state index contributed by atoms with van der Waals surface area (Å²) in [6.07, 6.45) is 5.99. The summed E-state index contributed by atoms with van der Waals surface area (Å²) in [5.41, 5.74) is 0.540. The maximum atomic E-state index is 11.8. The van der Waals surface area contributed by atoms with Gasteiger partial charge in [0, 0.05) is 25.4 Å². The van der Waals surface area contributed by atoms with Gasteiger partial charge in [-0.15, -0.1) is 0 Å². The fourth-order valence-corrected chi connectivity index (χ4v) is 2.40. The second-order valence-corrected chi connectivity index (χ2v) is 5.81. The number of carbonyl (C=O) groups is 1. The third-order valence-corrected chi connectivity index (χ3v) is 3.73. The molecule has 126 valence electrons. The van der Waals surface area contributed by atoms with Crippen LogP contribution in [0.5, 0.6) is 0 Å². The highest BCUT2D eigenvalue weighted by molar-refractivity contribution is 5.73. The van der Waals surface area contributed by atoms with Crippen LogP contribution in [0.4, 0.5) is 4.79 Å². The van der Waals surface area contributed by atoms with E-state index in [0.717, 1.165) is 11.3 Å². The first-order valence-electron chi connectivity index (χ1n) is 7.75. The summed E-state index contributed by atoms with van der Waals surface area (Å²) < 4.78 is 7.11. The van der Waals surface area contributed by atoms with Gasteiger partial charge in [0.15, 0.2) is 0 Å². The van der Waals surface area contributed by atoms with Gasteiger partial charge in [-0.25, -0.2) is 9.78 Å². The maximum absolute atomic E-state index is 11.8. The molecule has 3 N–H and O–H groups in total. The van der Waals surface area contributed by atoms with Crippen molar-refractivity contribution in [2.75, 3.05) is 13.1 Å². The quantitative estimate of drug-likeness (QED) is 0.642. The maximum Gasteiger partial charge on any atom is 0.314 e. The van der Waals surface area contributed by atoms with Crippen molar-refractivity contribution >= 4 is 11.7 Å². The number of nitrogens with one attached hydrogen (secondary N) is 2. The Morgan fingerprint density at radius 3 is 2.96 bits per heavy atom. The van der Waals surface area contributed by atoms with Crippen LogP contribution >= 0.6 is 0 Å². The van der Waals surface area contributed by atoms with Gasteiger partial charge >= 0.3 is 6.03 Å². The first-order chi connectivity index (χ1) is 11.5. The highest BCUT2D eigenvalue weighted by Gasteiger charge is 2.26. The Hall–Kier alpha value is -2.80. The van der Waals surface area contributed by atoms with E-state index in [2.05, 4.69) is 15.6 Å². The molecule has 0 aliphatic carbocycles. The average molecular weight is 328 g/mol. The molecule has 0 bridgehead atoms. The molecule has 0 aliphatic rings. The lowest BCUT2D eigenvalue weighted by atomic mass is 10.0. The second kappa shape index (κ2) is 6.76. The van der Waals surface area contributed by atoms with Crippen LogP contribution in [-0.4, -0.2) is 33.6 Å². The van der Waals surface area contributed by atoms with E-state index in [1.165, 1.54) is 6.26 Å². The molecule has 7 heteroatoms. The van der Waals surface area contributed by atoms with Crippen molar-refractivity contribution in [2.24, 2.45) is 0 Å². The predicted molar refractivity (Wildman–Crippen MR) is 88.6 cm³/mol. The summed E-state index contributed by atoms with van der Waals surface area (Å²) in [6, 6.07) is 8.82. The van der Waals surface area contributed by atoms with E-state index >= 15 is 0 Å². The number of aliphatic hydroxyl groups is 1. The lowest BCUT2D eigenvalue weighted by Crippen LogP contribution is -2.43. The average Bonchev–Trinajstić information content (AvgIpc) is 3.22. The molecule has 7 nitrogen and oxygen atoms in total. The lowest BCUT2D eigenvalue weighted by Gasteiger charge is -2.21. The molecule has 2 amide bonds. The zero-order chi connectivity index (χ0) is 17.0. The minimum Gasteiger partial charge on any atom is -0.466 e. The third-order valence-electron chi connectivity index (χ3n) is 3.73. The SMILES string of the molecule is CC(O)(CNC(=O)NCCc1cn2ccccc2n1)c1ccco1. The van der Waals surface area contributed by atoms with Crippen LogP contribution in [0.2, 0.25) is 0 Å². The number of hydrogen-bond acceptors (Lipinski definition) is 4. The number of hydrogen-bond donors (Lipinski definition) is 3. The van der Waals surface area contributed by atoms with Gasteiger partial charge in [-0.2, -0.15) is 0 Å². The number of rotatable bonds is 6. The fraction of sp³-hybridized carbons (Fsp3) is 0.294. The van der Waals surface area contributed by atoms with Gasteiger partial charge in [-0.05, 0) is 31.2 Å². The van der Waals surface area contributed by atoms with Crippen molar-refractivity contribution in [2.45, 2.75) is 18.9 Å². The minimum absolute atomic E-state index is 0.0563. The zero-order valence-electron chi connectivity index (χ0n) is 13.4. The summed E-state index contributed by atoms with van der Waals surface area (Å²) in [5, 5.41) is 15.6. The molecule has 0 saturated heterocycles. The zero-order valence-corrected chi connectivity index (χ0v) is 13.4. The lowest BCUT2D eigenvalue weighted by molar-refractivity contribution is 0.0367. The summed E-state index contributed by atoms with van der Waals surface area (Å²) in [4.78, 5) is 16.3.